The number of carbonyl (C=O) groups excluding carboxylic acids is 1. The molecule has 0 N–H and O–H groups in total. The number of rotatable bonds is 9. The molecule has 1 aromatic carbocycles. The van der Waals surface area contributed by atoms with E-state index >= 15 is 0 Å². The minimum atomic E-state index is -0.123. The van der Waals surface area contributed by atoms with Crippen molar-refractivity contribution in [3.05, 3.63) is 53.9 Å². The molecule has 1 heterocycles. The van der Waals surface area contributed by atoms with Crippen LogP contribution in [0.5, 0.6) is 11.5 Å². The minimum Gasteiger partial charge on any atom is -0.490 e. The first-order chi connectivity index (χ1) is 14.7. The van der Waals surface area contributed by atoms with Gasteiger partial charge in [0.15, 0.2) is 11.5 Å². The van der Waals surface area contributed by atoms with Crippen LogP contribution in [0.25, 0.3) is 12.2 Å². The van der Waals surface area contributed by atoms with Crippen molar-refractivity contribution in [3.8, 4) is 11.5 Å². The number of ether oxygens (including phenoxy) is 2. The van der Waals surface area contributed by atoms with Gasteiger partial charge in [-0.05, 0) is 74.4 Å². The van der Waals surface area contributed by atoms with Gasteiger partial charge in [-0.2, -0.15) is 0 Å². The van der Waals surface area contributed by atoms with Gasteiger partial charge in [-0.15, -0.1) is 0 Å². The Labute approximate surface area is 180 Å². The summed E-state index contributed by atoms with van der Waals surface area (Å²) in [6.45, 7) is 4.68. The van der Waals surface area contributed by atoms with Crippen LogP contribution in [0.4, 0.5) is 0 Å². The summed E-state index contributed by atoms with van der Waals surface area (Å²) in [6, 6.07) is 11.5. The molecule has 2 aromatic rings. The van der Waals surface area contributed by atoms with Gasteiger partial charge in [-0.1, -0.05) is 44.4 Å². The smallest absolute Gasteiger partial charge is 0.314 e. The number of esters is 1. The van der Waals surface area contributed by atoms with Gasteiger partial charge in [0, 0.05) is 6.20 Å². The maximum atomic E-state index is 12.7. The Hall–Kier alpha value is -2.62. The molecular weight excluding hydrogens is 374 g/mol. The lowest BCUT2D eigenvalue weighted by molar-refractivity contribution is -0.140. The summed E-state index contributed by atoms with van der Waals surface area (Å²) < 4.78 is 11.5. The zero-order valence-electron chi connectivity index (χ0n) is 18.2. The van der Waals surface area contributed by atoms with Crippen molar-refractivity contribution in [2.75, 3.05) is 6.61 Å². The summed E-state index contributed by atoms with van der Waals surface area (Å²) in [5.41, 5.74) is 1.86. The van der Waals surface area contributed by atoms with Crippen molar-refractivity contribution >= 4 is 18.1 Å². The standard InChI is InChI=1S/C26H33NO3/c1-3-5-8-20-10-14-22(15-11-20)26(28)30-24-17-13-21(19-25(24)29-4-2)12-16-23-9-6-7-18-27-23/h6-7,9,12-13,16-20,22H,3-5,8,10-11,14-15H2,1-2H3/b16-12+. The lowest BCUT2D eigenvalue weighted by Crippen LogP contribution is -2.25. The number of hydrogen-bond acceptors (Lipinski definition) is 4. The fraction of sp³-hybridized carbons (Fsp3) is 0.462. The molecule has 0 spiro atoms. The van der Waals surface area contributed by atoms with Crippen LogP contribution in [0.2, 0.25) is 0 Å². The van der Waals surface area contributed by atoms with E-state index in [-0.39, 0.29) is 11.9 Å². The first-order valence-corrected chi connectivity index (χ1v) is 11.3. The number of nitrogens with zero attached hydrogens (tertiary/aromatic N) is 1. The van der Waals surface area contributed by atoms with E-state index in [1.54, 1.807) is 6.20 Å². The fourth-order valence-corrected chi connectivity index (χ4v) is 4.01. The van der Waals surface area contributed by atoms with Gasteiger partial charge in [0.1, 0.15) is 0 Å². The molecule has 4 heteroatoms. The van der Waals surface area contributed by atoms with E-state index in [1.807, 2.05) is 55.5 Å². The van der Waals surface area contributed by atoms with Crippen molar-refractivity contribution in [1.29, 1.82) is 0 Å². The van der Waals surface area contributed by atoms with Crippen LogP contribution in [0, 0.1) is 11.8 Å². The number of pyridine rings is 1. The number of aromatic nitrogens is 1. The van der Waals surface area contributed by atoms with E-state index in [9.17, 15) is 4.79 Å². The van der Waals surface area contributed by atoms with Crippen molar-refractivity contribution in [3.63, 3.8) is 0 Å². The topological polar surface area (TPSA) is 48.4 Å². The minimum absolute atomic E-state index is 0.00100. The SMILES string of the molecule is CCCCC1CCC(C(=O)Oc2ccc(/C=C/c3ccccn3)cc2OCC)CC1. The highest BCUT2D eigenvalue weighted by atomic mass is 16.6. The summed E-state index contributed by atoms with van der Waals surface area (Å²) in [5.74, 6) is 1.76. The van der Waals surface area contributed by atoms with Crippen LogP contribution in [0.15, 0.2) is 42.6 Å². The van der Waals surface area contributed by atoms with Gasteiger partial charge in [0.2, 0.25) is 0 Å². The molecule has 0 saturated heterocycles. The van der Waals surface area contributed by atoms with E-state index in [0.29, 0.717) is 18.1 Å². The van der Waals surface area contributed by atoms with Crippen LogP contribution >= 0.6 is 0 Å². The first-order valence-electron chi connectivity index (χ1n) is 11.3. The van der Waals surface area contributed by atoms with Gasteiger partial charge in [-0.25, -0.2) is 0 Å². The van der Waals surface area contributed by atoms with E-state index in [1.165, 1.54) is 19.3 Å². The summed E-state index contributed by atoms with van der Waals surface area (Å²) >= 11 is 0. The average molecular weight is 408 g/mol. The summed E-state index contributed by atoms with van der Waals surface area (Å²) in [5, 5.41) is 0. The lowest BCUT2D eigenvalue weighted by atomic mass is 9.80. The summed E-state index contributed by atoms with van der Waals surface area (Å²) in [4.78, 5) is 17.0. The number of hydrogen-bond donors (Lipinski definition) is 0. The van der Waals surface area contributed by atoms with Crippen molar-refractivity contribution < 1.29 is 14.3 Å². The summed E-state index contributed by atoms with van der Waals surface area (Å²) in [6.07, 6.45) is 13.7. The number of unbranched alkanes of at least 4 members (excludes halogenated alkanes) is 1. The molecular formula is C26H33NO3. The zero-order chi connectivity index (χ0) is 21.2. The van der Waals surface area contributed by atoms with Gasteiger partial charge in [0.25, 0.3) is 0 Å². The second-order valence-corrected chi connectivity index (χ2v) is 8.01. The van der Waals surface area contributed by atoms with Gasteiger partial charge < -0.3 is 9.47 Å². The van der Waals surface area contributed by atoms with E-state index < -0.39 is 0 Å². The highest BCUT2D eigenvalue weighted by Crippen LogP contribution is 2.35. The zero-order valence-corrected chi connectivity index (χ0v) is 18.2. The molecule has 0 radical (unpaired) electrons. The molecule has 4 nitrogen and oxygen atoms in total. The third-order valence-corrected chi connectivity index (χ3v) is 5.76. The quantitative estimate of drug-likeness (QED) is 0.349. The van der Waals surface area contributed by atoms with Crippen molar-refractivity contribution in [1.82, 2.24) is 4.98 Å². The van der Waals surface area contributed by atoms with Gasteiger partial charge >= 0.3 is 5.97 Å². The average Bonchev–Trinajstić information content (AvgIpc) is 2.79. The maximum absolute atomic E-state index is 12.7. The molecule has 1 fully saturated rings. The molecule has 1 saturated carbocycles. The normalized spacial score (nSPS) is 19.0. The molecule has 1 aromatic heterocycles. The van der Waals surface area contributed by atoms with E-state index in [4.69, 9.17) is 9.47 Å². The molecule has 0 unspecified atom stereocenters. The van der Waals surface area contributed by atoms with Crippen LogP contribution < -0.4 is 9.47 Å². The molecule has 0 aliphatic heterocycles. The summed E-state index contributed by atoms with van der Waals surface area (Å²) in [7, 11) is 0. The largest absolute Gasteiger partial charge is 0.490 e. The third-order valence-electron chi connectivity index (χ3n) is 5.76. The second-order valence-electron chi connectivity index (χ2n) is 8.01. The molecule has 3 rings (SSSR count). The molecule has 160 valence electrons. The highest BCUT2D eigenvalue weighted by Gasteiger charge is 2.28. The Kier molecular flexibility index (Phi) is 8.49. The Balaban J connectivity index is 1.62. The predicted octanol–water partition coefficient (Wildman–Crippen LogP) is 6.55. The highest BCUT2D eigenvalue weighted by molar-refractivity contribution is 5.77. The molecule has 0 atom stereocenters. The Morgan fingerprint density at radius 3 is 2.60 bits per heavy atom. The molecule has 1 aliphatic carbocycles. The lowest BCUT2D eigenvalue weighted by Gasteiger charge is -2.27. The number of benzene rings is 1. The molecule has 30 heavy (non-hydrogen) atoms. The van der Waals surface area contributed by atoms with E-state index in [0.717, 1.165) is 42.9 Å². The number of carbonyl (C=O) groups is 1. The van der Waals surface area contributed by atoms with Crippen molar-refractivity contribution in [2.24, 2.45) is 11.8 Å². The molecule has 0 amide bonds. The van der Waals surface area contributed by atoms with Gasteiger partial charge in [0.05, 0.1) is 18.2 Å². The van der Waals surface area contributed by atoms with Crippen LogP contribution in [-0.4, -0.2) is 17.6 Å². The van der Waals surface area contributed by atoms with Gasteiger partial charge in [-0.3, -0.25) is 9.78 Å². The maximum Gasteiger partial charge on any atom is 0.314 e. The van der Waals surface area contributed by atoms with E-state index in [2.05, 4.69) is 11.9 Å². The Morgan fingerprint density at radius 1 is 1.07 bits per heavy atom. The third kappa shape index (κ3) is 6.45. The Morgan fingerprint density at radius 2 is 1.90 bits per heavy atom. The van der Waals surface area contributed by atoms with Crippen LogP contribution in [-0.2, 0) is 4.79 Å². The van der Waals surface area contributed by atoms with Crippen molar-refractivity contribution in [2.45, 2.75) is 58.8 Å². The monoisotopic (exact) mass is 407 g/mol. The predicted molar refractivity (Wildman–Crippen MR) is 121 cm³/mol. The second kappa shape index (κ2) is 11.5. The molecule has 1 aliphatic rings. The van der Waals surface area contributed by atoms with Crippen LogP contribution in [0.3, 0.4) is 0 Å². The first kappa shape index (κ1) is 22.1. The fourth-order valence-electron chi connectivity index (χ4n) is 4.01. The molecule has 0 bridgehead atoms. The Bertz CT molecular complexity index is 823. The van der Waals surface area contributed by atoms with Crippen LogP contribution in [0.1, 0.15) is 70.1 Å².